The van der Waals surface area contributed by atoms with Crippen LogP contribution in [0.2, 0.25) is 0 Å². The average molecular weight is 341 g/mol. The SMILES string of the molecule is CCNCc1nc(C)ccc1OCc1cc(Br)cs1. The third kappa shape index (κ3) is 4.30. The predicted molar refractivity (Wildman–Crippen MR) is 82.7 cm³/mol. The van der Waals surface area contributed by atoms with Crippen LogP contribution in [0.5, 0.6) is 5.75 Å². The lowest BCUT2D eigenvalue weighted by atomic mass is 10.3. The predicted octanol–water partition coefficient (Wildman–Crippen LogP) is 3.90. The standard InChI is InChI=1S/C14H17BrN2OS/c1-3-16-7-13-14(5-4-10(2)17-13)18-8-12-6-11(15)9-19-12/h4-6,9,16H,3,7-8H2,1-2H3. The molecule has 1 N–H and O–H groups in total. The van der Waals surface area contributed by atoms with E-state index in [9.17, 15) is 0 Å². The largest absolute Gasteiger partial charge is 0.486 e. The van der Waals surface area contributed by atoms with Gasteiger partial charge in [0.2, 0.25) is 0 Å². The first-order valence-electron chi connectivity index (χ1n) is 6.22. The Morgan fingerprint density at radius 2 is 2.26 bits per heavy atom. The van der Waals surface area contributed by atoms with E-state index in [1.165, 1.54) is 4.88 Å². The minimum atomic E-state index is 0.583. The molecule has 5 heteroatoms. The molecule has 2 aromatic rings. The molecule has 0 bridgehead atoms. The van der Waals surface area contributed by atoms with Gasteiger partial charge in [0, 0.05) is 27.0 Å². The molecule has 0 aliphatic rings. The molecule has 0 aliphatic heterocycles. The van der Waals surface area contributed by atoms with E-state index < -0.39 is 0 Å². The molecule has 0 spiro atoms. The second-order valence-corrected chi connectivity index (χ2v) is 6.11. The van der Waals surface area contributed by atoms with Crippen LogP contribution in [0.3, 0.4) is 0 Å². The zero-order valence-electron chi connectivity index (χ0n) is 11.1. The zero-order valence-corrected chi connectivity index (χ0v) is 13.5. The van der Waals surface area contributed by atoms with E-state index >= 15 is 0 Å². The normalized spacial score (nSPS) is 10.7. The molecule has 0 atom stereocenters. The van der Waals surface area contributed by atoms with Gasteiger partial charge in [0.25, 0.3) is 0 Å². The topological polar surface area (TPSA) is 34.2 Å². The van der Waals surface area contributed by atoms with Crippen LogP contribution < -0.4 is 10.1 Å². The number of halogens is 1. The van der Waals surface area contributed by atoms with Crippen LogP contribution in [0.25, 0.3) is 0 Å². The van der Waals surface area contributed by atoms with E-state index in [0.717, 1.165) is 34.7 Å². The van der Waals surface area contributed by atoms with Crippen molar-refractivity contribution in [3.63, 3.8) is 0 Å². The zero-order chi connectivity index (χ0) is 13.7. The molecule has 0 amide bonds. The number of hydrogen-bond acceptors (Lipinski definition) is 4. The Labute approximate surface area is 126 Å². The Balaban J connectivity index is 2.05. The van der Waals surface area contributed by atoms with Crippen molar-refractivity contribution in [1.82, 2.24) is 10.3 Å². The molecule has 3 nitrogen and oxygen atoms in total. The Kier molecular flexibility index (Phi) is 5.36. The van der Waals surface area contributed by atoms with Crippen molar-refractivity contribution in [2.45, 2.75) is 27.0 Å². The summed E-state index contributed by atoms with van der Waals surface area (Å²) in [5.41, 5.74) is 1.98. The van der Waals surface area contributed by atoms with E-state index in [1.54, 1.807) is 11.3 Å². The fourth-order valence-electron chi connectivity index (χ4n) is 1.68. The molecular formula is C14H17BrN2OS. The molecule has 0 aromatic carbocycles. The molecule has 2 aromatic heterocycles. The smallest absolute Gasteiger partial charge is 0.142 e. The molecule has 0 saturated carbocycles. The third-order valence-corrected chi connectivity index (χ3v) is 4.28. The number of ether oxygens (including phenoxy) is 1. The molecule has 0 radical (unpaired) electrons. The molecule has 0 fully saturated rings. The van der Waals surface area contributed by atoms with Gasteiger partial charge in [-0.15, -0.1) is 11.3 Å². The quantitative estimate of drug-likeness (QED) is 0.865. The van der Waals surface area contributed by atoms with E-state index in [4.69, 9.17) is 4.74 Å². The number of pyridine rings is 1. The fraction of sp³-hybridized carbons (Fsp3) is 0.357. The summed E-state index contributed by atoms with van der Waals surface area (Å²) in [4.78, 5) is 5.73. The van der Waals surface area contributed by atoms with E-state index in [-0.39, 0.29) is 0 Å². The van der Waals surface area contributed by atoms with Crippen LogP contribution in [-0.4, -0.2) is 11.5 Å². The first-order valence-corrected chi connectivity index (χ1v) is 7.89. The molecule has 0 aliphatic carbocycles. The average Bonchev–Trinajstić information content (AvgIpc) is 2.81. The van der Waals surface area contributed by atoms with Gasteiger partial charge in [0.1, 0.15) is 12.4 Å². The van der Waals surface area contributed by atoms with Crippen molar-refractivity contribution < 1.29 is 4.74 Å². The first kappa shape index (κ1) is 14.5. The molecule has 19 heavy (non-hydrogen) atoms. The molecule has 2 heterocycles. The third-order valence-electron chi connectivity index (χ3n) is 2.61. The van der Waals surface area contributed by atoms with Crippen molar-refractivity contribution in [1.29, 1.82) is 0 Å². The van der Waals surface area contributed by atoms with E-state index in [2.05, 4.69) is 44.6 Å². The summed E-state index contributed by atoms with van der Waals surface area (Å²) < 4.78 is 6.98. The maximum Gasteiger partial charge on any atom is 0.142 e. The van der Waals surface area contributed by atoms with Gasteiger partial charge in [-0.3, -0.25) is 4.98 Å². The van der Waals surface area contributed by atoms with Gasteiger partial charge in [-0.1, -0.05) is 6.92 Å². The van der Waals surface area contributed by atoms with Crippen LogP contribution >= 0.6 is 27.3 Å². The van der Waals surface area contributed by atoms with Gasteiger partial charge in [-0.25, -0.2) is 0 Å². The van der Waals surface area contributed by atoms with Crippen LogP contribution in [0.15, 0.2) is 28.1 Å². The number of hydrogen-bond donors (Lipinski definition) is 1. The van der Waals surface area contributed by atoms with Gasteiger partial charge in [-0.2, -0.15) is 0 Å². The van der Waals surface area contributed by atoms with Gasteiger partial charge < -0.3 is 10.1 Å². The fourth-order valence-corrected chi connectivity index (χ4v) is 3.04. The molecule has 0 saturated heterocycles. The summed E-state index contributed by atoms with van der Waals surface area (Å²) >= 11 is 5.14. The Bertz CT molecular complexity index is 542. The highest BCUT2D eigenvalue weighted by atomic mass is 79.9. The van der Waals surface area contributed by atoms with Crippen molar-refractivity contribution >= 4 is 27.3 Å². The van der Waals surface area contributed by atoms with Crippen molar-refractivity contribution in [3.8, 4) is 5.75 Å². The highest BCUT2D eigenvalue weighted by Gasteiger charge is 2.07. The van der Waals surface area contributed by atoms with Gasteiger partial charge in [-0.05, 0) is 47.6 Å². The van der Waals surface area contributed by atoms with Crippen LogP contribution in [0.4, 0.5) is 0 Å². The summed E-state index contributed by atoms with van der Waals surface area (Å²) in [6.45, 7) is 6.32. The van der Waals surface area contributed by atoms with Crippen LogP contribution in [-0.2, 0) is 13.2 Å². The molecule has 0 unspecified atom stereocenters. The monoisotopic (exact) mass is 340 g/mol. The summed E-state index contributed by atoms with van der Waals surface area (Å²) in [6.07, 6.45) is 0. The van der Waals surface area contributed by atoms with E-state index in [0.29, 0.717) is 6.61 Å². The summed E-state index contributed by atoms with van der Waals surface area (Å²) in [6, 6.07) is 6.06. The molecular weight excluding hydrogens is 324 g/mol. The number of aromatic nitrogens is 1. The highest BCUT2D eigenvalue weighted by Crippen LogP contribution is 2.23. The van der Waals surface area contributed by atoms with Crippen molar-refractivity contribution in [2.75, 3.05) is 6.54 Å². The minimum Gasteiger partial charge on any atom is -0.486 e. The Hall–Kier alpha value is -0.910. The highest BCUT2D eigenvalue weighted by molar-refractivity contribution is 9.10. The Morgan fingerprint density at radius 1 is 1.42 bits per heavy atom. The van der Waals surface area contributed by atoms with Crippen molar-refractivity contribution in [2.24, 2.45) is 0 Å². The van der Waals surface area contributed by atoms with Crippen LogP contribution in [0, 0.1) is 6.92 Å². The first-order chi connectivity index (χ1) is 9.19. The lowest BCUT2D eigenvalue weighted by molar-refractivity contribution is 0.303. The number of aryl methyl sites for hydroxylation is 1. The van der Waals surface area contributed by atoms with Gasteiger partial charge >= 0.3 is 0 Å². The lowest BCUT2D eigenvalue weighted by Crippen LogP contribution is -2.14. The summed E-state index contributed by atoms with van der Waals surface area (Å²) in [7, 11) is 0. The lowest BCUT2D eigenvalue weighted by Gasteiger charge is -2.11. The number of nitrogens with zero attached hydrogens (tertiary/aromatic N) is 1. The van der Waals surface area contributed by atoms with Gasteiger partial charge in [0.05, 0.1) is 5.69 Å². The number of nitrogens with one attached hydrogen (secondary N) is 1. The molecule has 2 rings (SSSR count). The van der Waals surface area contributed by atoms with Gasteiger partial charge in [0.15, 0.2) is 0 Å². The minimum absolute atomic E-state index is 0.583. The van der Waals surface area contributed by atoms with E-state index in [1.807, 2.05) is 19.1 Å². The number of thiophene rings is 1. The Morgan fingerprint density at radius 3 is 2.95 bits per heavy atom. The summed E-state index contributed by atoms with van der Waals surface area (Å²) in [5.74, 6) is 0.857. The maximum atomic E-state index is 5.88. The van der Waals surface area contributed by atoms with Crippen molar-refractivity contribution in [3.05, 3.63) is 44.3 Å². The maximum absolute atomic E-state index is 5.88. The molecule has 102 valence electrons. The number of rotatable bonds is 6. The second-order valence-electron chi connectivity index (χ2n) is 4.20. The van der Waals surface area contributed by atoms with Crippen LogP contribution in [0.1, 0.15) is 23.2 Å². The summed E-state index contributed by atoms with van der Waals surface area (Å²) in [5, 5.41) is 5.35. The second kappa shape index (κ2) is 7.03.